The molecule has 0 bridgehead atoms. The van der Waals surface area contributed by atoms with Crippen molar-refractivity contribution in [3.8, 4) is 0 Å². The molecule has 21 heavy (non-hydrogen) atoms. The van der Waals surface area contributed by atoms with E-state index >= 15 is 0 Å². The average Bonchev–Trinajstić information content (AvgIpc) is 2.78. The van der Waals surface area contributed by atoms with E-state index in [2.05, 4.69) is 60.6 Å². The molecule has 0 N–H and O–H groups in total. The van der Waals surface area contributed by atoms with Gasteiger partial charge < -0.3 is 4.42 Å². The molecule has 2 heteroatoms. The molecule has 0 aliphatic rings. The van der Waals surface area contributed by atoms with Gasteiger partial charge in [-0.1, -0.05) is 54.5 Å². The van der Waals surface area contributed by atoms with Gasteiger partial charge in [-0.15, -0.1) is 0 Å². The van der Waals surface area contributed by atoms with Crippen LogP contribution in [0.15, 0.2) is 16.5 Å². The van der Waals surface area contributed by atoms with E-state index in [1.165, 1.54) is 11.1 Å². The molecule has 0 amide bonds. The summed E-state index contributed by atoms with van der Waals surface area (Å²) in [6.45, 7) is 15.7. The fraction of sp³-hybridized carbons (Fsp3) is 0.632. The Bertz CT molecular complexity index is 629. The average molecular weight is 287 g/mol. The van der Waals surface area contributed by atoms with E-state index in [1.807, 2.05) is 0 Å². The summed E-state index contributed by atoms with van der Waals surface area (Å²) in [5.74, 6) is 0.865. The molecule has 0 unspecified atom stereocenters. The Balaban J connectivity index is 2.71. The predicted molar refractivity (Wildman–Crippen MR) is 90.0 cm³/mol. The lowest BCUT2D eigenvalue weighted by atomic mass is 9.78. The van der Waals surface area contributed by atoms with Crippen LogP contribution in [0.3, 0.4) is 0 Å². The monoisotopic (exact) mass is 287 g/mol. The molecular formula is C19H29NO. The summed E-state index contributed by atoms with van der Waals surface area (Å²) in [4.78, 5) is 4.72. The Kier molecular flexibility index (Phi) is 4.19. The highest BCUT2D eigenvalue weighted by Gasteiger charge is 2.26. The molecule has 0 saturated heterocycles. The molecule has 0 atom stereocenters. The van der Waals surface area contributed by atoms with Crippen molar-refractivity contribution < 1.29 is 4.42 Å². The number of nitrogens with zero attached hydrogens (tertiary/aromatic N) is 1. The molecule has 0 saturated carbocycles. The first-order chi connectivity index (χ1) is 9.69. The van der Waals surface area contributed by atoms with Crippen LogP contribution in [-0.2, 0) is 17.3 Å². The van der Waals surface area contributed by atoms with E-state index in [1.54, 1.807) is 0 Å². The Morgan fingerprint density at radius 1 is 1.05 bits per heavy atom. The van der Waals surface area contributed by atoms with Gasteiger partial charge in [0, 0.05) is 12.0 Å². The lowest BCUT2D eigenvalue weighted by molar-refractivity contribution is 0.496. The van der Waals surface area contributed by atoms with Gasteiger partial charge in [-0.3, -0.25) is 0 Å². The normalized spacial score (nSPS) is 13.1. The summed E-state index contributed by atoms with van der Waals surface area (Å²) in [6.07, 6.45) is 3.08. The molecule has 2 aromatic rings. The highest BCUT2D eigenvalue weighted by Crippen LogP contribution is 2.36. The van der Waals surface area contributed by atoms with Gasteiger partial charge in [0.05, 0.1) is 0 Å². The Hall–Kier alpha value is -1.31. The molecule has 2 rings (SSSR count). The number of oxazole rings is 1. The minimum atomic E-state index is 0.0566. The number of hydrogen-bond donors (Lipinski definition) is 0. The fourth-order valence-corrected chi connectivity index (χ4v) is 2.55. The zero-order chi connectivity index (χ0) is 15.8. The third kappa shape index (κ3) is 3.14. The first-order valence-corrected chi connectivity index (χ1v) is 8.13. The Morgan fingerprint density at radius 2 is 1.71 bits per heavy atom. The van der Waals surface area contributed by atoms with Gasteiger partial charge in [-0.2, -0.15) is 0 Å². The lowest BCUT2D eigenvalue weighted by Gasteiger charge is -2.27. The van der Waals surface area contributed by atoms with Gasteiger partial charge in [0.15, 0.2) is 11.5 Å². The van der Waals surface area contributed by atoms with Crippen molar-refractivity contribution in [2.45, 2.75) is 78.6 Å². The van der Waals surface area contributed by atoms with Crippen molar-refractivity contribution in [3.05, 3.63) is 29.2 Å². The maximum atomic E-state index is 6.06. The van der Waals surface area contributed by atoms with Gasteiger partial charge in [-0.05, 0) is 35.3 Å². The van der Waals surface area contributed by atoms with Crippen LogP contribution in [-0.4, -0.2) is 4.98 Å². The third-order valence-corrected chi connectivity index (χ3v) is 4.47. The van der Waals surface area contributed by atoms with Crippen LogP contribution in [0.2, 0.25) is 0 Å². The van der Waals surface area contributed by atoms with Crippen LogP contribution in [0, 0.1) is 0 Å². The van der Waals surface area contributed by atoms with Gasteiger partial charge >= 0.3 is 0 Å². The van der Waals surface area contributed by atoms with Gasteiger partial charge in [-0.25, -0.2) is 4.98 Å². The van der Waals surface area contributed by atoms with Crippen LogP contribution >= 0.6 is 0 Å². The van der Waals surface area contributed by atoms with Crippen LogP contribution in [0.5, 0.6) is 0 Å². The second-order valence-corrected chi connectivity index (χ2v) is 7.72. The first kappa shape index (κ1) is 16.1. The smallest absolute Gasteiger partial charge is 0.195 e. The van der Waals surface area contributed by atoms with Gasteiger partial charge in [0.1, 0.15) is 5.52 Å². The molecule has 0 fully saturated rings. The minimum Gasteiger partial charge on any atom is -0.440 e. The van der Waals surface area contributed by atoms with E-state index in [0.717, 1.165) is 36.3 Å². The van der Waals surface area contributed by atoms with E-state index in [9.17, 15) is 0 Å². The topological polar surface area (TPSA) is 26.0 Å². The lowest BCUT2D eigenvalue weighted by Crippen LogP contribution is -2.18. The number of rotatable bonds is 4. The highest BCUT2D eigenvalue weighted by atomic mass is 16.3. The van der Waals surface area contributed by atoms with Crippen molar-refractivity contribution in [1.29, 1.82) is 0 Å². The van der Waals surface area contributed by atoms with Crippen molar-refractivity contribution >= 4 is 11.1 Å². The molecule has 2 nitrogen and oxygen atoms in total. The summed E-state index contributed by atoms with van der Waals surface area (Å²) in [7, 11) is 0. The molecule has 0 aliphatic heterocycles. The largest absolute Gasteiger partial charge is 0.440 e. The zero-order valence-electron chi connectivity index (χ0n) is 14.6. The number of fused-ring (bicyclic) bond motifs is 1. The van der Waals surface area contributed by atoms with Crippen molar-refractivity contribution in [1.82, 2.24) is 4.98 Å². The van der Waals surface area contributed by atoms with Crippen LogP contribution in [0.25, 0.3) is 11.1 Å². The molecule has 0 radical (unpaired) electrons. The van der Waals surface area contributed by atoms with Gasteiger partial charge in [0.2, 0.25) is 0 Å². The Labute approximate surface area is 129 Å². The second kappa shape index (κ2) is 5.47. The summed E-state index contributed by atoms with van der Waals surface area (Å²) in [6, 6.07) is 4.55. The number of benzene rings is 1. The molecule has 1 aromatic heterocycles. The third-order valence-electron chi connectivity index (χ3n) is 4.47. The van der Waals surface area contributed by atoms with Crippen LogP contribution in [0.4, 0.5) is 0 Å². The number of hydrogen-bond acceptors (Lipinski definition) is 2. The van der Waals surface area contributed by atoms with E-state index in [-0.39, 0.29) is 10.8 Å². The molecule has 0 spiro atoms. The minimum absolute atomic E-state index is 0.0566. The SMILES string of the molecule is CCCc1nc2cc(C(C)(C)CC)cc(C(C)(C)C)c2o1. The first-order valence-electron chi connectivity index (χ1n) is 8.13. The predicted octanol–water partition coefficient (Wildman–Crippen LogP) is 5.77. The molecular weight excluding hydrogens is 258 g/mol. The number of aromatic nitrogens is 1. The molecule has 1 heterocycles. The maximum absolute atomic E-state index is 6.06. The van der Waals surface area contributed by atoms with Crippen LogP contribution < -0.4 is 0 Å². The summed E-state index contributed by atoms with van der Waals surface area (Å²) in [5.41, 5.74) is 4.84. The molecule has 0 aliphatic carbocycles. The van der Waals surface area contributed by atoms with E-state index in [0.29, 0.717) is 0 Å². The van der Waals surface area contributed by atoms with E-state index in [4.69, 9.17) is 9.40 Å². The van der Waals surface area contributed by atoms with Crippen LogP contribution in [0.1, 0.15) is 78.3 Å². The van der Waals surface area contributed by atoms with Crippen molar-refractivity contribution in [2.75, 3.05) is 0 Å². The standard InChI is InChI=1S/C19H29NO/c1-8-10-16-20-15-12-13(19(6,7)9-2)11-14(17(15)21-16)18(3,4)5/h11-12H,8-10H2,1-7H3. The Morgan fingerprint density at radius 3 is 2.24 bits per heavy atom. The number of aryl methyl sites for hydroxylation is 1. The second-order valence-electron chi connectivity index (χ2n) is 7.72. The summed E-state index contributed by atoms with van der Waals surface area (Å²) in [5, 5.41) is 0. The van der Waals surface area contributed by atoms with E-state index < -0.39 is 0 Å². The highest BCUT2D eigenvalue weighted by molar-refractivity contribution is 5.79. The summed E-state index contributed by atoms with van der Waals surface area (Å²) >= 11 is 0. The fourth-order valence-electron chi connectivity index (χ4n) is 2.55. The van der Waals surface area contributed by atoms with Gasteiger partial charge in [0.25, 0.3) is 0 Å². The summed E-state index contributed by atoms with van der Waals surface area (Å²) < 4.78 is 6.06. The van der Waals surface area contributed by atoms with Crippen molar-refractivity contribution in [3.63, 3.8) is 0 Å². The van der Waals surface area contributed by atoms with Crippen molar-refractivity contribution in [2.24, 2.45) is 0 Å². The zero-order valence-corrected chi connectivity index (χ0v) is 14.6. The quantitative estimate of drug-likeness (QED) is 0.714. The molecule has 1 aromatic carbocycles. The maximum Gasteiger partial charge on any atom is 0.195 e. The molecule has 116 valence electrons.